The molecule has 0 spiro atoms. The number of amides is 2. The molecule has 0 aliphatic heterocycles. The zero-order valence-electron chi connectivity index (χ0n) is 12.8. The van der Waals surface area contributed by atoms with Crippen LogP contribution >= 0.6 is 0 Å². The first kappa shape index (κ1) is 15.2. The smallest absolute Gasteiger partial charge is 0.315 e. The summed E-state index contributed by atoms with van der Waals surface area (Å²) in [7, 11) is 0. The van der Waals surface area contributed by atoms with Gasteiger partial charge in [0.05, 0.1) is 11.6 Å². The number of aromatic hydroxyl groups is 1. The van der Waals surface area contributed by atoms with Crippen molar-refractivity contribution in [3.63, 3.8) is 0 Å². The fraction of sp³-hybridized carbons (Fsp3) is 0.588. The molecule has 1 aromatic rings. The number of hydrogen-bond donors (Lipinski definition) is 4. The molecule has 0 bridgehead atoms. The van der Waals surface area contributed by atoms with Crippen LogP contribution in [0, 0.1) is 0 Å². The van der Waals surface area contributed by atoms with E-state index in [4.69, 9.17) is 0 Å². The van der Waals surface area contributed by atoms with Crippen LogP contribution in [-0.2, 0) is 6.42 Å². The second kappa shape index (κ2) is 6.16. The molecule has 1 fully saturated rings. The Bertz CT molecular complexity index is 553. The van der Waals surface area contributed by atoms with Gasteiger partial charge < -0.3 is 20.8 Å². The van der Waals surface area contributed by atoms with Gasteiger partial charge in [0.25, 0.3) is 0 Å². The molecule has 5 heteroatoms. The minimum Gasteiger partial charge on any atom is -0.508 e. The normalized spacial score (nSPS) is 22.9. The van der Waals surface area contributed by atoms with Crippen molar-refractivity contribution in [3.05, 3.63) is 29.3 Å². The molecule has 0 heterocycles. The van der Waals surface area contributed by atoms with E-state index in [1.54, 1.807) is 12.1 Å². The summed E-state index contributed by atoms with van der Waals surface area (Å²) < 4.78 is 0. The van der Waals surface area contributed by atoms with Gasteiger partial charge in [0.15, 0.2) is 0 Å². The number of nitrogens with one attached hydrogen (secondary N) is 2. The highest BCUT2D eigenvalue weighted by Gasteiger charge is 2.30. The lowest BCUT2D eigenvalue weighted by Gasteiger charge is -2.32. The third kappa shape index (κ3) is 3.19. The van der Waals surface area contributed by atoms with Crippen LogP contribution in [0.3, 0.4) is 0 Å². The molecule has 1 saturated carbocycles. The van der Waals surface area contributed by atoms with Crippen LogP contribution in [0.1, 0.15) is 55.7 Å². The second-order valence-electron chi connectivity index (χ2n) is 6.55. The quantitative estimate of drug-likeness (QED) is 0.692. The Labute approximate surface area is 130 Å². The van der Waals surface area contributed by atoms with Crippen molar-refractivity contribution >= 4 is 6.03 Å². The Morgan fingerprint density at radius 3 is 2.82 bits per heavy atom. The number of phenols is 1. The van der Waals surface area contributed by atoms with Crippen molar-refractivity contribution in [2.45, 2.75) is 56.6 Å². The standard InChI is InChI=1S/C17H24N2O3/c20-15-6-4-5-12-13(15)7-8-14(12)19-16(21)18-11-17(22)9-2-1-3-10-17/h4-6,14,20,22H,1-3,7-11H2,(H2,18,19,21). The summed E-state index contributed by atoms with van der Waals surface area (Å²) >= 11 is 0. The van der Waals surface area contributed by atoms with Crippen molar-refractivity contribution in [1.82, 2.24) is 10.6 Å². The number of urea groups is 1. The van der Waals surface area contributed by atoms with Crippen LogP contribution in [-0.4, -0.2) is 28.4 Å². The van der Waals surface area contributed by atoms with Crippen LogP contribution in [0.25, 0.3) is 0 Å². The van der Waals surface area contributed by atoms with E-state index in [0.29, 0.717) is 12.3 Å². The highest BCUT2D eigenvalue weighted by Crippen LogP contribution is 2.36. The number of phenolic OH excluding ortho intramolecular Hbond substituents is 1. The molecule has 22 heavy (non-hydrogen) atoms. The van der Waals surface area contributed by atoms with E-state index in [9.17, 15) is 15.0 Å². The molecule has 0 aromatic heterocycles. The van der Waals surface area contributed by atoms with Gasteiger partial charge in [0, 0.05) is 6.54 Å². The number of benzene rings is 1. The van der Waals surface area contributed by atoms with Gasteiger partial charge in [-0.05, 0) is 42.9 Å². The number of carbonyl (C=O) groups is 1. The first-order valence-corrected chi connectivity index (χ1v) is 8.15. The van der Waals surface area contributed by atoms with E-state index >= 15 is 0 Å². The van der Waals surface area contributed by atoms with Crippen molar-refractivity contribution in [2.75, 3.05) is 6.54 Å². The first-order chi connectivity index (χ1) is 10.6. The van der Waals surface area contributed by atoms with Gasteiger partial charge in [-0.3, -0.25) is 0 Å². The number of rotatable bonds is 3. The summed E-state index contributed by atoms with van der Waals surface area (Å²) in [5.74, 6) is 0.304. The SMILES string of the molecule is O=C(NCC1(O)CCCCC1)NC1CCc2c(O)cccc21. The highest BCUT2D eigenvalue weighted by atomic mass is 16.3. The Kier molecular flexibility index (Phi) is 4.25. The first-order valence-electron chi connectivity index (χ1n) is 8.15. The number of hydrogen-bond acceptors (Lipinski definition) is 3. The molecule has 1 atom stereocenters. The van der Waals surface area contributed by atoms with Crippen LogP contribution < -0.4 is 10.6 Å². The zero-order chi connectivity index (χ0) is 15.6. The molecule has 2 aliphatic carbocycles. The van der Waals surface area contributed by atoms with E-state index in [2.05, 4.69) is 10.6 Å². The maximum absolute atomic E-state index is 12.1. The third-order valence-electron chi connectivity index (χ3n) is 4.91. The van der Waals surface area contributed by atoms with Gasteiger partial charge in [-0.1, -0.05) is 31.4 Å². The average Bonchev–Trinajstić information content (AvgIpc) is 2.91. The average molecular weight is 304 g/mol. The summed E-state index contributed by atoms with van der Waals surface area (Å²) in [4.78, 5) is 12.1. The van der Waals surface area contributed by atoms with Crippen molar-refractivity contribution in [3.8, 4) is 5.75 Å². The minimum absolute atomic E-state index is 0.0666. The Morgan fingerprint density at radius 2 is 2.05 bits per heavy atom. The van der Waals surface area contributed by atoms with Crippen molar-refractivity contribution in [1.29, 1.82) is 0 Å². The van der Waals surface area contributed by atoms with Gasteiger partial charge in [0.1, 0.15) is 5.75 Å². The topological polar surface area (TPSA) is 81.6 Å². The van der Waals surface area contributed by atoms with Crippen LogP contribution in [0.4, 0.5) is 4.79 Å². The Balaban J connectivity index is 1.54. The van der Waals surface area contributed by atoms with Crippen LogP contribution in [0.2, 0.25) is 0 Å². The molecule has 3 rings (SSSR count). The summed E-state index contributed by atoms with van der Waals surface area (Å²) in [6, 6.07) is 5.11. The monoisotopic (exact) mass is 304 g/mol. The lowest BCUT2D eigenvalue weighted by atomic mass is 9.85. The van der Waals surface area contributed by atoms with E-state index in [1.807, 2.05) is 6.07 Å². The summed E-state index contributed by atoms with van der Waals surface area (Å²) in [5, 5.41) is 26.0. The van der Waals surface area contributed by atoms with E-state index in [0.717, 1.165) is 56.1 Å². The molecule has 1 unspecified atom stereocenters. The van der Waals surface area contributed by atoms with Gasteiger partial charge in [-0.25, -0.2) is 4.79 Å². The molecule has 4 N–H and O–H groups in total. The Morgan fingerprint density at radius 1 is 1.27 bits per heavy atom. The predicted octanol–water partition coefficient (Wildman–Crippen LogP) is 2.37. The molecule has 2 amide bonds. The molecule has 120 valence electrons. The van der Waals surface area contributed by atoms with E-state index < -0.39 is 5.60 Å². The molecule has 1 aromatic carbocycles. The van der Waals surface area contributed by atoms with E-state index in [-0.39, 0.29) is 12.1 Å². The highest BCUT2D eigenvalue weighted by molar-refractivity contribution is 5.74. The summed E-state index contributed by atoms with van der Waals surface area (Å²) in [5.41, 5.74) is 1.17. The Hall–Kier alpha value is -1.75. The fourth-order valence-electron chi connectivity index (χ4n) is 3.63. The summed E-state index contributed by atoms with van der Waals surface area (Å²) in [6.07, 6.45) is 6.29. The third-order valence-corrected chi connectivity index (χ3v) is 4.91. The van der Waals surface area contributed by atoms with Crippen LogP contribution in [0.5, 0.6) is 5.75 Å². The van der Waals surface area contributed by atoms with E-state index in [1.165, 1.54) is 0 Å². The molecule has 5 nitrogen and oxygen atoms in total. The second-order valence-corrected chi connectivity index (χ2v) is 6.55. The lowest BCUT2D eigenvalue weighted by molar-refractivity contribution is 0.00712. The molecule has 2 aliphatic rings. The van der Waals surface area contributed by atoms with Gasteiger partial charge >= 0.3 is 6.03 Å². The number of aliphatic hydroxyl groups is 1. The molecular formula is C17H24N2O3. The number of fused-ring (bicyclic) bond motifs is 1. The van der Waals surface area contributed by atoms with Gasteiger partial charge in [-0.15, -0.1) is 0 Å². The molecule has 0 radical (unpaired) electrons. The summed E-state index contributed by atoms with van der Waals surface area (Å²) in [6.45, 7) is 0.304. The largest absolute Gasteiger partial charge is 0.508 e. The lowest BCUT2D eigenvalue weighted by Crippen LogP contribution is -2.47. The fourth-order valence-corrected chi connectivity index (χ4v) is 3.63. The van der Waals surface area contributed by atoms with Gasteiger partial charge in [-0.2, -0.15) is 0 Å². The number of carbonyl (C=O) groups excluding carboxylic acids is 1. The maximum Gasteiger partial charge on any atom is 0.315 e. The zero-order valence-corrected chi connectivity index (χ0v) is 12.8. The minimum atomic E-state index is -0.749. The molecular weight excluding hydrogens is 280 g/mol. The maximum atomic E-state index is 12.1. The van der Waals surface area contributed by atoms with Crippen molar-refractivity contribution < 1.29 is 15.0 Å². The molecule has 0 saturated heterocycles. The van der Waals surface area contributed by atoms with Crippen molar-refractivity contribution in [2.24, 2.45) is 0 Å². The van der Waals surface area contributed by atoms with Crippen LogP contribution in [0.15, 0.2) is 18.2 Å². The van der Waals surface area contributed by atoms with Gasteiger partial charge in [0.2, 0.25) is 0 Å². The predicted molar refractivity (Wildman–Crippen MR) is 83.7 cm³/mol.